The number of carbonyl (C=O) groups is 1. The second kappa shape index (κ2) is 6.22. The molecule has 1 saturated heterocycles. The number of allylic oxidation sites excluding steroid dienone is 2. The number of carbonyl (C=O) groups excluding carboxylic acids is 1. The summed E-state index contributed by atoms with van der Waals surface area (Å²) in [5, 5.41) is 3.38. The molecule has 6 aliphatic rings. The maximum Gasteiger partial charge on any atom is 0.223 e. The van der Waals surface area contributed by atoms with Crippen LogP contribution >= 0.6 is 0 Å². The van der Waals surface area contributed by atoms with Crippen LogP contribution in [-0.2, 0) is 10.2 Å². The summed E-state index contributed by atoms with van der Waals surface area (Å²) in [6.07, 6.45) is 15.1. The van der Waals surface area contributed by atoms with E-state index in [2.05, 4.69) is 46.6 Å². The van der Waals surface area contributed by atoms with Gasteiger partial charge in [0, 0.05) is 12.5 Å². The van der Waals surface area contributed by atoms with Crippen LogP contribution in [0.5, 0.6) is 0 Å². The van der Waals surface area contributed by atoms with Gasteiger partial charge in [-0.25, -0.2) is 0 Å². The molecule has 3 nitrogen and oxygen atoms in total. The first-order valence-corrected chi connectivity index (χ1v) is 12.5. The van der Waals surface area contributed by atoms with Crippen LogP contribution < -0.4 is 5.32 Å². The monoisotopic (exact) mass is 402 g/mol. The summed E-state index contributed by atoms with van der Waals surface area (Å²) in [5.41, 5.74) is 4.04. The molecule has 1 aromatic carbocycles. The fraction of sp³-hybridized carbons (Fsp3) is 0.667. The van der Waals surface area contributed by atoms with Crippen molar-refractivity contribution in [1.82, 2.24) is 10.2 Å². The molecule has 1 aliphatic heterocycles. The highest BCUT2D eigenvalue weighted by molar-refractivity contribution is 5.81. The molecule has 0 radical (unpaired) electrons. The molecule has 5 aliphatic carbocycles. The van der Waals surface area contributed by atoms with E-state index in [-0.39, 0.29) is 11.9 Å². The number of benzene rings is 1. The summed E-state index contributed by atoms with van der Waals surface area (Å²) in [6, 6.07) is 9.25. The van der Waals surface area contributed by atoms with Crippen molar-refractivity contribution in [2.75, 3.05) is 19.6 Å². The van der Waals surface area contributed by atoms with Crippen molar-refractivity contribution in [3.63, 3.8) is 0 Å². The maximum absolute atomic E-state index is 12.4. The molecule has 2 spiro atoms. The van der Waals surface area contributed by atoms with Crippen LogP contribution in [0.25, 0.3) is 0 Å². The molecule has 4 unspecified atom stereocenters. The van der Waals surface area contributed by atoms with E-state index in [4.69, 9.17) is 0 Å². The lowest BCUT2D eigenvalue weighted by Crippen LogP contribution is -2.50. The van der Waals surface area contributed by atoms with E-state index in [1.165, 1.54) is 57.3 Å². The second-order valence-corrected chi connectivity index (χ2v) is 11.5. The van der Waals surface area contributed by atoms with Crippen molar-refractivity contribution in [3.05, 3.63) is 47.5 Å². The van der Waals surface area contributed by atoms with Gasteiger partial charge in [-0.05, 0) is 104 Å². The van der Waals surface area contributed by atoms with Crippen LogP contribution in [0.15, 0.2) is 36.4 Å². The van der Waals surface area contributed by atoms with Gasteiger partial charge in [-0.3, -0.25) is 4.79 Å². The van der Waals surface area contributed by atoms with E-state index in [0.29, 0.717) is 11.3 Å². The van der Waals surface area contributed by atoms with Crippen molar-refractivity contribution in [3.8, 4) is 0 Å². The zero-order valence-corrected chi connectivity index (χ0v) is 18.0. The van der Waals surface area contributed by atoms with E-state index in [1.54, 1.807) is 5.56 Å². The Morgan fingerprint density at radius 2 is 1.87 bits per heavy atom. The second-order valence-electron chi connectivity index (χ2n) is 11.5. The smallest absolute Gasteiger partial charge is 0.223 e. The predicted molar refractivity (Wildman–Crippen MR) is 118 cm³/mol. The molecule has 1 aromatic rings. The molecular weight excluding hydrogens is 368 g/mol. The molecular formula is C27H34N2O. The fourth-order valence-electron chi connectivity index (χ4n) is 7.86. The van der Waals surface area contributed by atoms with Gasteiger partial charge in [-0.15, -0.1) is 0 Å². The van der Waals surface area contributed by atoms with Gasteiger partial charge in [0.1, 0.15) is 0 Å². The quantitative estimate of drug-likeness (QED) is 0.747. The first-order valence-electron chi connectivity index (χ1n) is 12.5. The lowest BCUT2D eigenvalue weighted by atomic mass is 9.61. The first-order chi connectivity index (χ1) is 14.7. The highest BCUT2D eigenvalue weighted by atomic mass is 16.2. The third kappa shape index (κ3) is 2.57. The van der Waals surface area contributed by atoms with E-state index < -0.39 is 0 Å². The molecule has 5 atom stereocenters. The number of fused-ring (bicyclic) bond motifs is 2. The topological polar surface area (TPSA) is 32.3 Å². The predicted octanol–water partition coefficient (Wildman–Crippen LogP) is 4.59. The van der Waals surface area contributed by atoms with Gasteiger partial charge in [0.15, 0.2) is 0 Å². The largest absolute Gasteiger partial charge is 0.349 e. The third-order valence-corrected chi connectivity index (χ3v) is 9.93. The molecule has 0 bridgehead atoms. The van der Waals surface area contributed by atoms with Gasteiger partial charge in [-0.1, -0.05) is 36.4 Å². The van der Waals surface area contributed by atoms with Gasteiger partial charge in [0.05, 0.1) is 6.04 Å². The van der Waals surface area contributed by atoms with E-state index >= 15 is 0 Å². The Kier molecular flexibility index (Phi) is 3.73. The van der Waals surface area contributed by atoms with E-state index in [1.807, 2.05) is 0 Å². The van der Waals surface area contributed by atoms with E-state index in [9.17, 15) is 4.79 Å². The molecule has 158 valence electrons. The average Bonchev–Trinajstić information content (AvgIpc) is 3.67. The zero-order chi connectivity index (χ0) is 19.9. The Morgan fingerprint density at radius 1 is 1.03 bits per heavy atom. The minimum Gasteiger partial charge on any atom is -0.349 e. The Balaban J connectivity index is 1.04. The van der Waals surface area contributed by atoms with Gasteiger partial charge in [-0.2, -0.15) is 0 Å². The van der Waals surface area contributed by atoms with Crippen LogP contribution in [0.1, 0.15) is 68.5 Å². The number of hydrogen-bond acceptors (Lipinski definition) is 2. The number of likely N-dealkylation sites (tertiary alicyclic amines) is 1. The lowest BCUT2D eigenvalue weighted by molar-refractivity contribution is -0.123. The Bertz CT molecular complexity index is 909. The standard InChI is InChI=1S/C27H34N2O/c30-25(18-5-6-18)28-24-9-10-26(23-4-2-1-3-21(23)24)11-13-29(14-12-26)17-19-15-27-16-20(27)7-8-22(19)27/h1-4,7-8,18-20,22,24H,5-6,9-17H2,(H,28,30)/t19?,20?,22?,24-,27?/m0/s1. The number of hydrogen-bond donors (Lipinski definition) is 1. The SMILES string of the molecule is O=C(N[C@H]1CCC2(CCN(CC3CC45CC4C=CC35)CC2)c2ccccc21)C1CC1. The first kappa shape index (κ1) is 18.0. The molecule has 0 aromatic heterocycles. The molecule has 4 fully saturated rings. The Morgan fingerprint density at radius 3 is 2.63 bits per heavy atom. The van der Waals surface area contributed by atoms with Crippen molar-refractivity contribution >= 4 is 5.91 Å². The normalized spacial score (nSPS) is 40.3. The molecule has 3 saturated carbocycles. The van der Waals surface area contributed by atoms with Crippen LogP contribution in [-0.4, -0.2) is 30.4 Å². The van der Waals surface area contributed by atoms with Crippen molar-refractivity contribution in [2.24, 2.45) is 29.1 Å². The molecule has 3 heteroatoms. The average molecular weight is 403 g/mol. The summed E-state index contributed by atoms with van der Waals surface area (Å²) in [7, 11) is 0. The minimum absolute atomic E-state index is 0.227. The lowest BCUT2D eigenvalue weighted by Gasteiger charge is -2.50. The number of piperidine rings is 1. The van der Waals surface area contributed by atoms with Crippen molar-refractivity contribution in [2.45, 2.75) is 62.8 Å². The molecule has 30 heavy (non-hydrogen) atoms. The van der Waals surface area contributed by atoms with Gasteiger partial charge < -0.3 is 10.2 Å². The summed E-state index contributed by atoms with van der Waals surface area (Å²) >= 11 is 0. The zero-order valence-electron chi connectivity index (χ0n) is 18.0. The molecule has 1 N–H and O–H groups in total. The summed E-state index contributed by atoms with van der Waals surface area (Å²) in [6.45, 7) is 3.81. The summed E-state index contributed by atoms with van der Waals surface area (Å²) in [4.78, 5) is 15.2. The molecule has 7 rings (SSSR count). The minimum atomic E-state index is 0.227. The number of nitrogens with zero attached hydrogens (tertiary/aromatic N) is 1. The van der Waals surface area contributed by atoms with Crippen LogP contribution in [0.2, 0.25) is 0 Å². The third-order valence-electron chi connectivity index (χ3n) is 9.93. The fourth-order valence-corrected chi connectivity index (χ4v) is 7.86. The Hall–Kier alpha value is -1.61. The van der Waals surface area contributed by atoms with Gasteiger partial charge >= 0.3 is 0 Å². The highest BCUT2D eigenvalue weighted by Gasteiger charge is 2.68. The summed E-state index contributed by atoms with van der Waals surface area (Å²) < 4.78 is 0. The van der Waals surface area contributed by atoms with Gasteiger partial charge in [0.2, 0.25) is 5.91 Å². The van der Waals surface area contributed by atoms with Crippen molar-refractivity contribution in [1.29, 1.82) is 0 Å². The summed E-state index contributed by atoms with van der Waals surface area (Å²) in [5.74, 6) is 3.36. The van der Waals surface area contributed by atoms with Crippen LogP contribution in [0.4, 0.5) is 0 Å². The molecule has 1 heterocycles. The van der Waals surface area contributed by atoms with E-state index in [0.717, 1.165) is 42.4 Å². The Labute approximate surface area is 180 Å². The van der Waals surface area contributed by atoms with Gasteiger partial charge in [0.25, 0.3) is 0 Å². The number of nitrogens with one attached hydrogen (secondary N) is 1. The molecule has 1 amide bonds. The maximum atomic E-state index is 12.4. The van der Waals surface area contributed by atoms with Crippen LogP contribution in [0, 0.1) is 29.1 Å². The van der Waals surface area contributed by atoms with Crippen molar-refractivity contribution < 1.29 is 4.79 Å². The number of amides is 1. The van der Waals surface area contributed by atoms with Crippen LogP contribution in [0.3, 0.4) is 0 Å². The number of rotatable bonds is 4. The highest BCUT2D eigenvalue weighted by Crippen LogP contribution is 2.75.